The van der Waals surface area contributed by atoms with Gasteiger partial charge in [0.15, 0.2) is 0 Å². The van der Waals surface area contributed by atoms with Crippen LogP contribution in [0.4, 0.5) is 5.69 Å². The van der Waals surface area contributed by atoms with Crippen LogP contribution < -0.4 is 9.64 Å². The van der Waals surface area contributed by atoms with Gasteiger partial charge >= 0.3 is 0 Å². The van der Waals surface area contributed by atoms with E-state index in [1.165, 1.54) is 0 Å². The topological polar surface area (TPSA) is 49.9 Å². The van der Waals surface area contributed by atoms with E-state index >= 15 is 0 Å². The summed E-state index contributed by atoms with van der Waals surface area (Å²) in [7, 11) is 0. The predicted octanol–water partition coefficient (Wildman–Crippen LogP) is 2.89. The zero-order valence-electron chi connectivity index (χ0n) is 15.2. The Hall–Kier alpha value is -2.82. The molecule has 3 rings (SSSR count). The summed E-state index contributed by atoms with van der Waals surface area (Å²) >= 11 is 0. The molecule has 0 spiro atoms. The summed E-state index contributed by atoms with van der Waals surface area (Å²) in [5.41, 5.74) is 1.80. The minimum absolute atomic E-state index is 0.0107. The third-order valence-electron chi connectivity index (χ3n) is 4.63. The van der Waals surface area contributed by atoms with Crippen LogP contribution in [0.15, 0.2) is 54.6 Å². The van der Waals surface area contributed by atoms with E-state index in [-0.39, 0.29) is 11.8 Å². The summed E-state index contributed by atoms with van der Waals surface area (Å²) in [6.07, 6.45) is 0.321. The standard InChI is InChI=1S/C21H24N2O3/c1-3-26-19-11-9-18(10-12-19)23-14-13-22(16(2)21(23)25)20(24)15-17-7-5-4-6-8-17/h4-12,16H,3,13-15H2,1-2H3. The Balaban J connectivity index is 1.67. The van der Waals surface area contributed by atoms with Crippen molar-refractivity contribution in [3.05, 3.63) is 60.2 Å². The Bertz CT molecular complexity index is 759. The molecule has 0 radical (unpaired) electrons. The molecular weight excluding hydrogens is 328 g/mol. The highest BCUT2D eigenvalue weighted by Crippen LogP contribution is 2.23. The van der Waals surface area contributed by atoms with Gasteiger partial charge in [-0.1, -0.05) is 30.3 Å². The number of ether oxygens (including phenoxy) is 1. The smallest absolute Gasteiger partial charge is 0.249 e. The molecule has 1 atom stereocenters. The lowest BCUT2D eigenvalue weighted by molar-refractivity contribution is -0.140. The molecule has 1 saturated heterocycles. The van der Waals surface area contributed by atoms with Gasteiger partial charge < -0.3 is 14.5 Å². The van der Waals surface area contributed by atoms with E-state index in [4.69, 9.17) is 4.74 Å². The number of amides is 2. The molecule has 1 unspecified atom stereocenters. The molecule has 2 aromatic rings. The van der Waals surface area contributed by atoms with Crippen LogP contribution in [0.25, 0.3) is 0 Å². The van der Waals surface area contributed by atoms with Crippen LogP contribution in [0.3, 0.4) is 0 Å². The van der Waals surface area contributed by atoms with E-state index in [1.54, 1.807) is 16.7 Å². The second-order valence-corrected chi connectivity index (χ2v) is 6.34. The van der Waals surface area contributed by atoms with Crippen molar-refractivity contribution < 1.29 is 14.3 Å². The van der Waals surface area contributed by atoms with Crippen LogP contribution in [0.1, 0.15) is 19.4 Å². The lowest BCUT2D eigenvalue weighted by atomic mass is 10.1. The number of hydrogen-bond acceptors (Lipinski definition) is 3. The molecule has 2 amide bonds. The van der Waals surface area contributed by atoms with Crippen molar-refractivity contribution in [2.45, 2.75) is 26.3 Å². The van der Waals surface area contributed by atoms with Crippen molar-refractivity contribution in [3.63, 3.8) is 0 Å². The summed E-state index contributed by atoms with van der Waals surface area (Å²) in [4.78, 5) is 28.9. The number of carbonyl (C=O) groups is 2. The fourth-order valence-electron chi connectivity index (χ4n) is 3.23. The third-order valence-corrected chi connectivity index (χ3v) is 4.63. The molecule has 0 bridgehead atoms. The Morgan fingerprint density at radius 2 is 1.77 bits per heavy atom. The van der Waals surface area contributed by atoms with Crippen LogP contribution in [0, 0.1) is 0 Å². The molecule has 1 heterocycles. The second-order valence-electron chi connectivity index (χ2n) is 6.34. The average molecular weight is 352 g/mol. The number of rotatable bonds is 5. The summed E-state index contributed by atoms with van der Waals surface area (Å²) in [5, 5.41) is 0. The summed E-state index contributed by atoms with van der Waals surface area (Å²) in [6, 6.07) is 16.7. The summed E-state index contributed by atoms with van der Waals surface area (Å²) in [6.45, 7) is 5.37. The normalized spacial score (nSPS) is 17.3. The molecule has 0 aromatic heterocycles. The van der Waals surface area contributed by atoms with Gasteiger partial charge in [-0.25, -0.2) is 0 Å². The Morgan fingerprint density at radius 1 is 1.08 bits per heavy atom. The van der Waals surface area contributed by atoms with Gasteiger partial charge in [0.25, 0.3) is 0 Å². The second kappa shape index (κ2) is 8.04. The quantitative estimate of drug-likeness (QED) is 0.831. The summed E-state index contributed by atoms with van der Waals surface area (Å²) < 4.78 is 5.44. The molecule has 26 heavy (non-hydrogen) atoms. The Labute approximate surface area is 154 Å². The van der Waals surface area contributed by atoms with Crippen LogP contribution in [0.2, 0.25) is 0 Å². The van der Waals surface area contributed by atoms with Gasteiger partial charge in [0.05, 0.1) is 13.0 Å². The van der Waals surface area contributed by atoms with E-state index in [1.807, 2.05) is 61.5 Å². The molecular formula is C21H24N2O3. The highest BCUT2D eigenvalue weighted by molar-refractivity contribution is 6.00. The number of piperazine rings is 1. The molecule has 0 aliphatic carbocycles. The van der Waals surface area contributed by atoms with Gasteiger partial charge in [0.1, 0.15) is 11.8 Å². The number of benzene rings is 2. The van der Waals surface area contributed by atoms with Crippen molar-refractivity contribution in [3.8, 4) is 5.75 Å². The van der Waals surface area contributed by atoms with E-state index in [9.17, 15) is 9.59 Å². The first-order chi connectivity index (χ1) is 12.6. The van der Waals surface area contributed by atoms with Crippen molar-refractivity contribution >= 4 is 17.5 Å². The van der Waals surface area contributed by atoms with Crippen LogP contribution in [0.5, 0.6) is 5.75 Å². The highest BCUT2D eigenvalue weighted by atomic mass is 16.5. The maximum atomic E-state index is 12.8. The lowest BCUT2D eigenvalue weighted by Crippen LogP contribution is -2.58. The van der Waals surface area contributed by atoms with Gasteiger partial charge in [-0.05, 0) is 43.7 Å². The monoisotopic (exact) mass is 352 g/mol. The maximum absolute atomic E-state index is 12.8. The van der Waals surface area contributed by atoms with Gasteiger partial charge in [0, 0.05) is 18.8 Å². The van der Waals surface area contributed by atoms with Crippen LogP contribution in [-0.2, 0) is 16.0 Å². The molecule has 0 saturated carbocycles. The molecule has 0 N–H and O–H groups in total. The Morgan fingerprint density at radius 3 is 2.42 bits per heavy atom. The van der Waals surface area contributed by atoms with Crippen molar-refractivity contribution in [2.24, 2.45) is 0 Å². The molecule has 1 aliphatic rings. The van der Waals surface area contributed by atoms with E-state index < -0.39 is 6.04 Å². The van der Waals surface area contributed by atoms with Crippen molar-refractivity contribution in [1.82, 2.24) is 4.90 Å². The minimum atomic E-state index is -0.466. The zero-order chi connectivity index (χ0) is 18.5. The largest absolute Gasteiger partial charge is 0.494 e. The molecule has 5 nitrogen and oxygen atoms in total. The van der Waals surface area contributed by atoms with E-state index in [0.29, 0.717) is 26.1 Å². The molecule has 2 aromatic carbocycles. The molecule has 136 valence electrons. The number of hydrogen-bond donors (Lipinski definition) is 0. The first-order valence-corrected chi connectivity index (χ1v) is 8.97. The van der Waals surface area contributed by atoms with Crippen molar-refractivity contribution in [2.75, 3.05) is 24.6 Å². The van der Waals surface area contributed by atoms with Gasteiger partial charge in [-0.2, -0.15) is 0 Å². The molecule has 5 heteroatoms. The Kier molecular flexibility index (Phi) is 5.56. The average Bonchev–Trinajstić information content (AvgIpc) is 2.66. The predicted molar refractivity (Wildman–Crippen MR) is 101 cm³/mol. The van der Waals surface area contributed by atoms with E-state index in [2.05, 4.69) is 0 Å². The van der Waals surface area contributed by atoms with Gasteiger partial charge in [0.2, 0.25) is 11.8 Å². The molecule has 1 aliphatic heterocycles. The summed E-state index contributed by atoms with van der Waals surface area (Å²) in [5.74, 6) is 0.721. The third kappa shape index (κ3) is 3.87. The van der Waals surface area contributed by atoms with Gasteiger partial charge in [-0.15, -0.1) is 0 Å². The van der Waals surface area contributed by atoms with Crippen molar-refractivity contribution in [1.29, 1.82) is 0 Å². The first kappa shape index (κ1) is 18.0. The van der Waals surface area contributed by atoms with E-state index in [0.717, 1.165) is 17.0 Å². The van der Waals surface area contributed by atoms with Crippen LogP contribution >= 0.6 is 0 Å². The lowest BCUT2D eigenvalue weighted by Gasteiger charge is -2.39. The maximum Gasteiger partial charge on any atom is 0.249 e. The SMILES string of the molecule is CCOc1ccc(N2CCN(C(=O)Cc3ccccc3)C(C)C2=O)cc1. The van der Waals surface area contributed by atoms with Crippen LogP contribution in [-0.4, -0.2) is 42.5 Å². The number of nitrogens with zero attached hydrogens (tertiary/aromatic N) is 2. The first-order valence-electron chi connectivity index (χ1n) is 8.97. The fourth-order valence-corrected chi connectivity index (χ4v) is 3.23. The zero-order valence-corrected chi connectivity index (χ0v) is 15.2. The number of carbonyl (C=O) groups excluding carboxylic acids is 2. The number of anilines is 1. The minimum Gasteiger partial charge on any atom is -0.494 e. The highest BCUT2D eigenvalue weighted by Gasteiger charge is 2.34. The van der Waals surface area contributed by atoms with Gasteiger partial charge in [-0.3, -0.25) is 9.59 Å². The fraction of sp³-hybridized carbons (Fsp3) is 0.333. The molecule has 1 fully saturated rings.